The molecule has 2 amide bonds. The highest BCUT2D eigenvalue weighted by atomic mass is 79.9. The number of benzene rings is 1. The van der Waals surface area contributed by atoms with Gasteiger partial charge in [0.25, 0.3) is 0 Å². The first kappa shape index (κ1) is 21.4. The second kappa shape index (κ2) is 9.47. The van der Waals surface area contributed by atoms with Crippen molar-refractivity contribution in [3.8, 4) is 0 Å². The molecule has 1 aromatic carbocycles. The number of rotatable bonds is 6. The van der Waals surface area contributed by atoms with E-state index in [2.05, 4.69) is 36.7 Å². The Morgan fingerprint density at radius 3 is 2.62 bits per heavy atom. The van der Waals surface area contributed by atoms with Crippen molar-refractivity contribution in [1.29, 1.82) is 0 Å². The molecular formula is C20H24BrFN4O3. The molecule has 1 aromatic heterocycles. The summed E-state index contributed by atoms with van der Waals surface area (Å²) in [5.74, 6) is -0.214. The van der Waals surface area contributed by atoms with Crippen molar-refractivity contribution in [3.63, 3.8) is 0 Å². The molecule has 0 saturated heterocycles. The molecule has 1 aliphatic rings. The summed E-state index contributed by atoms with van der Waals surface area (Å²) < 4.78 is 19.8. The number of nitrogens with one attached hydrogen (secondary N) is 2. The van der Waals surface area contributed by atoms with Crippen LogP contribution in [-0.2, 0) is 21.5 Å². The summed E-state index contributed by atoms with van der Waals surface area (Å²) >= 11 is 3.18. The van der Waals surface area contributed by atoms with E-state index in [1.165, 1.54) is 19.1 Å². The zero-order valence-corrected chi connectivity index (χ0v) is 17.9. The van der Waals surface area contributed by atoms with Crippen molar-refractivity contribution >= 4 is 33.4 Å². The molecule has 3 rings (SSSR count). The molecule has 1 saturated carbocycles. The summed E-state index contributed by atoms with van der Waals surface area (Å²) in [5.41, 5.74) is -0.500. The minimum Gasteiger partial charge on any atom is -0.343 e. The molecule has 0 atom stereocenters. The monoisotopic (exact) mass is 466 g/mol. The molecule has 0 aliphatic heterocycles. The molecule has 9 heteroatoms. The lowest BCUT2D eigenvalue weighted by molar-refractivity contribution is -0.121. The van der Waals surface area contributed by atoms with Crippen molar-refractivity contribution in [2.75, 3.05) is 5.32 Å². The summed E-state index contributed by atoms with van der Waals surface area (Å²) in [6.07, 6.45) is 6.00. The Morgan fingerprint density at radius 2 is 1.97 bits per heavy atom. The fourth-order valence-electron chi connectivity index (χ4n) is 3.65. The Balaban J connectivity index is 1.64. The van der Waals surface area contributed by atoms with Gasteiger partial charge in [-0.05, 0) is 31.0 Å². The van der Waals surface area contributed by atoms with Crippen LogP contribution in [0, 0.1) is 5.82 Å². The summed E-state index contributed by atoms with van der Waals surface area (Å²) in [7, 11) is 0. The third-order valence-corrected chi connectivity index (χ3v) is 5.53. The fourth-order valence-corrected chi connectivity index (χ4v) is 3.98. The second-order valence-corrected chi connectivity index (χ2v) is 8.28. The van der Waals surface area contributed by atoms with E-state index in [9.17, 15) is 14.0 Å². The number of amides is 2. The van der Waals surface area contributed by atoms with Crippen molar-refractivity contribution in [3.05, 3.63) is 40.2 Å². The molecule has 156 valence electrons. The summed E-state index contributed by atoms with van der Waals surface area (Å²) in [6, 6.07) is 4.43. The van der Waals surface area contributed by atoms with E-state index in [-0.39, 0.29) is 30.3 Å². The minimum atomic E-state index is -0.618. The highest BCUT2D eigenvalue weighted by Gasteiger charge is 2.38. The molecule has 1 heterocycles. The smallest absolute Gasteiger partial charge is 0.227 e. The van der Waals surface area contributed by atoms with Gasteiger partial charge >= 0.3 is 0 Å². The largest absolute Gasteiger partial charge is 0.343 e. The standard InChI is InChI=1S/C20H24BrFN4O3/c1-13(27)25-20(10-4-2-3-5-11-20)19-24-18(29-26-19)9-8-17(28)23-16-7-6-14(21)12-15(16)22/h6-7,12H,2-5,8-11H2,1H3,(H,23,28)(H,25,27). The first-order chi connectivity index (χ1) is 13.9. The van der Waals surface area contributed by atoms with Crippen molar-refractivity contribution < 1.29 is 18.5 Å². The molecule has 1 fully saturated rings. The minimum absolute atomic E-state index is 0.0737. The number of hydrogen-bond donors (Lipinski definition) is 2. The lowest BCUT2D eigenvalue weighted by atomic mass is 9.89. The first-order valence-corrected chi connectivity index (χ1v) is 10.5. The summed E-state index contributed by atoms with van der Waals surface area (Å²) in [4.78, 5) is 28.4. The van der Waals surface area contributed by atoms with Crippen molar-refractivity contribution in [2.24, 2.45) is 0 Å². The van der Waals surface area contributed by atoms with E-state index in [0.29, 0.717) is 16.2 Å². The van der Waals surface area contributed by atoms with Crippen LogP contribution in [0.1, 0.15) is 63.6 Å². The Hall–Kier alpha value is -2.29. The van der Waals surface area contributed by atoms with E-state index in [1.54, 1.807) is 6.07 Å². The van der Waals surface area contributed by atoms with Gasteiger partial charge in [0, 0.05) is 24.2 Å². The molecule has 0 spiro atoms. The predicted octanol–water partition coefficient (Wildman–Crippen LogP) is 4.23. The van der Waals surface area contributed by atoms with Crippen LogP contribution in [0.25, 0.3) is 0 Å². The van der Waals surface area contributed by atoms with E-state index < -0.39 is 11.4 Å². The van der Waals surface area contributed by atoms with Crippen LogP contribution in [0.2, 0.25) is 0 Å². The first-order valence-electron chi connectivity index (χ1n) is 9.75. The van der Waals surface area contributed by atoms with Crippen LogP contribution in [0.3, 0.4) is 0 Å². The number of aromatic nitrogens is 2. The number of anilines is 1. The van der Waals surface area contributed by atoms with Crippen LogP contribution in [-0.4, -0.2) is 22.0 Å². The van der Waals surface area contributed by atoms with Gasteiger partial charge in [0.1, 0.15) is 11.4 Å². The molecule has 7 nitrogen and oxygen atoms in total. The number of nitrogens with zero attached hydrogens (tertiary/aromatic N) is 2. The van der Waals surface area contributed by atoms with E-state index in [0.717, 1.165) is 38.5 Å². The average Bonchev–Trinajstić information content (AvgIpc) is 3.02. The van der Waals surface area contributed by atoms with Gasteiger partial charge in [0.15, 0.2) is 5.82 Å². The lowest BCUT2D eigenvalue weighted by Crippen LogP contribution is -2.45. The van der Waals surface area contributed by atoms with E-state index >= 15 is 0 Å². The third kappa shape index (κ3) is 5.62. The maximum Gasteiger partial charge on any atom is 0.227 e. The number of aryl methyl sites for hydroxylation is 1. The number of carbonyl (C=O) groups is 2. The number of hydrogen-bond acceptors (Lipinski definition) is 5. The molecular weight excluding hydrogens is 443 g/mol. The van der Waals surface area contributed by atoms with Crippen LogP contribution in [0.15, 0.2) is 27.2 Å². The molecule has 2 aromatic rings. The van der Waals surface area contributed by atoms with E-state index in [4.69, 9.17) is 4.52 Å². The van der Waals surface area contributed by atoms with Crippen molar-refractivity contribution in [2.45, 2.75) is 63.8 Å². The lowest BCUT2D eigenvalue weighted by Gasteiger charge is -2.30. The molecule has 2 N–H and O–H groups in total. The Bertz CT molecular complexity index is 878. The Kier molecular flexibility index (Phi) is 7.00. The van der Waals surface area contributed by atoms with Gasteiger partial charge in [0.05, 0.1) is 5.69 Å². The van der Waals surface area contributed by atoms with Crippen LogP contribution >= 0.6 is 15.9 Å². The van der Waals surface area contributed by atoms with Gasteiger partial charge < -0.3 is 15.2 Å². The predicted molar refractivity (Wildman–Crippen MR) is 109 cm³/mol. The average molecular weight is 467 g/mol. The molecule has 1 aliphatic carbocycles. The van der Waals surface area contributed by atoms with Crippen LogP contribution in [0.4, 0.5) is 10.1 Å². The van der Waals surface area contributed by atoms with Gasteiger partial charge in [0.2, 0.25) is 17.7 Å². The topological polar surface area (TPSA) is 97.1 Å². The second-order valence-electron chi connectivity index (χ2n) is 7.36. The number of carbonyl (C=O) groups excluding carboxylic acids is 2. The molecule has 0 radical (unpaired) electrons. The quantitative estimate of drug-likeness (QED) is 0.620. The van der Waals surface area contributed by atoms with Gasteiger partial charge in [-0.2, -0.15) is 4.98 Å². The molecule has 0 bridgehead atoms. The van der Waals surface area contributed by atoms with Gasteiger partial charge in [-0.25, -0.2) is 4.39 Å². The normalized spacial score (nSPS) is 16.1. The Morgan fingerprint density at radius 1 is 1.24 bits per heavy atom. The van der Waals surface area contributed by atoms with Gasteiger partial charge in [-0.15, -0.1) is 0 Å². The number of halogens is 2. The summed E-state index contributed by atoms with van der Waals surface area (Å²) in [6.45, 7) is 1.49. The van der Waals surface area contributed by atoms with E-state index in [1.807, 2.05) is 0 Å². The zero-order valence-electron chi connectivity index (χ0n) is 16.3. The summed E-state index contributed by atoms with van der Waals surface area (Å²) in [5, 5.41) is 9.66. The third-order valence-electron chi connectivity index (χ3n) is 5.04. The Labute approximate surface area is 177 Å². The van der Waals surface area contributed by atoms with Gasteiger partial charge in [-0.3, -0.25) is 9.59 Å². The highest BCUT2D eigenvalue weighted by molar-refractivity contribution is 9.10. The van der Waals surface area contributed by atoms with Crippen LogP contribution in [0.5, 0.6) is 0 Å². The zero-order chi connectivity index (χ0) is 20.9. The highest BCUT2D eigenvalue weighted by Crippen LogP contribution is 2.34. The maximum atomic E-state index is 13.8. The molecule has 29 heavy (non-hydrogen) atoms. The SMILES string of the molecule is CC(=O)NC1(c2noc(CCC(=O)Nc3ccc(Br)cc3F)n2)CCCCCC1. The van der Waals surface area contributed by atoms with Crippen LogP contribution < -0.4 is 10.6 Å². The fraction of sp³-hybridized carbons (Fsp3) is 0.500. The van der Waals surface area contributed by atoms with Gasteiger partial charge in [-0.1, -0.05) is 46.8 Å². The maximum absolute atomic E-state index is 13.8. The molecule has 0 unspecified atom stereocenters. The van der Waals surface area contributed by atoms with Crippen molar-refractivity contribution in [1.82, 2.24) is 15.5 Å².